The summed E-state index contributed by atoms with van der Waals surface area (Å²) in [5.74, 6) is 0. The zero-order valence-electron chi connectivity index (χ0n) is 15.6. The van der Waals surface area contributed by atoms with E-state index in [1.165, 1.54) is 5.39 Å². The van der Waals surface area contributed by atoms with Gasteiger partial charge in [-0.1, -0.05) is 37.4 Å². The number of anilines is 2. The van der Waals surface area contributed by atoms with Crippen LogP contribution in [0.15, 0.2) is 61.9 Å². The second kappa shape index (κ2) is 9.53. The van der Waals surface area contributed by atoms with Crippen molar-refractivity contribution in [1.82, 2.24) is 9.97 Å². The minimum absolute atomic E-state index is 0.865. The van der Waals surface area contributed by atoms with Gasteiger partial charge in [0.1, 0.15) is 0 Å². The molecule has 0 amide bonds. The SMILES string of the molecule is C=Cc1nccc(NCCCCCNc2ccnc3ccccc23)c1C=C. The number of pyridine rings is 2. The van der Waals surface area contributed by atoms with E-state index in [2.05, 4.69) is 45.9 Å². The first-order valence-corrected chi connectivity index (χ1v) is 9.39. The molecular weight excluding hydrogens is 332 g/mol. The van der Waals surface area contributed by atoms with Crippen LogP contribution in [0.4, 0.5) is 11.4 Å². The lowest BCUT2D eigenvalue weighted by molar-refractivity contribution is 0.721. The zero-order chi connectivity index (χ0) is 18.9. The van der Waals surface area contributed by atoms with Gasteiger partial charge >= 0.3 is 0 Å². The highest BCUT2D eigenvalue weighted by molar-refractivity contribution is 5.90. The number of benzene rings is 1. The molecule has 0 saturated carbocycles. The van der Waals surface area contributed by atoms with Crippen LogP contribution in [0.25, 0.3) is 23.1 Å². The van der Waals surface area contributed by atoms with Gasteiger partial charge in [-0.25, -0.2) is 0 Å². The van der Waals surface area contributed by atoms with Crippen molar-refractivity contribution in [2.75, 3.05) is 23.7 Å². The molecule has 2 aromatic heterocycles. The first-order chi connectivity index (χ1) is 13.3. The minimum atomic E-state index is 0.865. The highest BCUT2D eigenvalue weighted by atomic mass is 14.9. The van der Waals surface area contributed by atoms with E-state index < -0.39 is 0 Å². The topological polar surface area (TPSA) is 49.8 Å². The van der Waals surface area contributed by atoms with Crippen LogP contribution >= 0.6 is 0 Å². The van der Waals surface area contributed by atoms with Crippen LogP contribution in [0, 0.1) is 0 Å². The molecule has 4 nitrogen and oxygen atoms in total. The summed E-state index contributed by atoms with van der Waals surface area (Å²) in [5.41, 5.74) is 5.13. The van der Waals surface area contributed by atoms with Gasteiger partial charge in [0.15, 0.2) is 0 Å². The summed E-state index contributed by atoms with van der Waals surface area (Å²) in [6, 6.07) is 12.2. The van der Waals surface area contributed by atoms with Crippen LogP contribution in [0.3, 0.4) is 0 Å². The number of rotatable bonds is 10. The lowest BCUT2D eigenvalue weighted by atomic mass is 10.1. The number of aromatic nitrogens is 2. The third-order valence-electron chi connectivity index (χ3n) is 4.55. The Morgan fingerprint density at radius 2 is 1.48 bits per heavy atom. The summed E-state index contributed by atoms with van der Waals surface area (Å²) in [6.45, 7) is 9.57. The number of hydrogen-bond donors (Lipinski definition) is 2. The van der Waals surface area contributed by atoms with E-state index in [1.54, 1.807) is 12.3 Å². The summed E-state index contributed by atoms with van der Waals surface area (Å²) in [5, 5.41) is 8.20. The molecule has 3 rings (SSSR count). The van der Waals surface area contributed by atoms with Gasteiger partial charge in [-0.05, 0) is 43.5 Å². The summed E-state index contributed by atoms with van der Waals surface area (Å²) in [4.78, 5) is 8.71. The Labute approximate surface area is 161 Å². The Morgan fingerprint density at radius 1 is 0.778 bits per heavy atom. The number of hydrogen-bond acceptors (Lipinski definition) is 4. The highest BCUT2D eigenvalue weighted by Crippen LogP contribution is 2.21. The quantitative estimate of drug-likeness (QED) is 0.463. The van der Waals surface area contributed by atoms with Crippen molar-refractivity contribution in [3.63, 3.8) is 0 Å². The molecule has 0 bridgehead atoms. The molecule has 0 radical (unpaired) electrons. The summed E-state index contributed by atoms with van der Waals surface area (Å²) in [7, 11) is 0. The van der Waals surface area contributed by atoms with Crippen molar-refractivity contribution < 1.29 is 0 Å². The maximum atomic E-state index is 4.40. The van der Waals surface area contributed by atoms with Gasteiger partial charge in [0.2, 0.25) is 0 Å². The predicted octanol–water partition coefficient (Wildman–Crippen LogP) is 5.61. The van der Waals surface area contributed by atoms with Crippen molar-refractivity contribution in [3.05, 3.63) is 73.2 Å². The van der Waals surface area contributed by atoms with Crippen molar-refractivity contribution in [2.24, 2.45) is 0 Å². The molecule has 0 fully saturated rings. The third kappa shape index (κ3) is 4.73. The minimum Gasteiger partial charge on any atom is -0.384 e. The molecule has 4 heteroatoms. The van der Waals surface area contributed by atoms with E-state index in [4.69, 9.17) is 0 Å². The van der Waals surface area contributed by atoms with Crippen LogP contribution < -0.4 is 10.6 Å². The van der Waals surface area contributed by atoms with E-state index in [-0.39, 0.29) is 0 Å². The van der Waals surface area contributed by atoms with Crippen molar-refractivity contribution >= 4 is 34.4 Å². The van der Waals surface area contributed by atoms with E-state index >= 15 is 0 Å². The predicted molar refractivity (Wildman–Crippen MR) is 117 cm³/mol. The molecule has 3 aromatic rings. The Morgan fingerprint density at radius 3 is 2.26 bits per heavy atom. The second-order valence-electron chi connectivity index (χ2n) is 6.36. The second-order valence-corrected chi connectivity index (χ2v) is 6.36. The Bertz CT molecular complexity index is 912. The molecule has 0 unspecified atom stereocenters. The number of nitrogens with zero attached hydrogens (tertiary/aromatic N) is 2. The molecule has 0 aliphatic rings. The molecular formula is C23H26N4. The largest absolute Gasteiger partial charge is 0.384 e. The molecule has 2 heterocycles. The van der Waals surface area contributed by atoms with Crippen LogP contribution in [-0.2, 0) is 0 Å². The molecule has 1 aromatic carbocycles. The maximum absolute atomic E-state index is 4.40. The van der Waals surface area contributed by atoms with Crippen LogP contribution in [0.5, 0.6) is 0 Å². The first-order valence-electron chi connectivity index (χ1n) is 9.39. The molecule has 0 aliphatic carbocycles. The highest BCUT2D eigenvalue weighted by Gasteiger charge is 2.04. The van der Waals surface area contributed by atoms with Gasteiger partial charge in [0, 0.05) is 47.8 Å². The summed E-state index contributed by atoms with van der Waals surface area (Å²) >= 11 is 0. The van der Waals surface area contributed by atoms with Crippen molar-refractivity contribution in [1.29, 1.82) is 0 Å². The Hall–Kier alpha value is -3.14. The molecule has 0 spiro atoms. The van der Waals surface area contributed by atoms with Crippen molar-refractivity contribution in [2.45, 2.75) is 19.3 Å². The molecule has 0 atom stereocenters. The van der Waals surface area contributed by atoms with Crippen LogP contribution in [-0.4, -0.2) is 23.1 Å². The van der Waals surface area contributed by atoms with Crippen LogP contribution in [0.1, 0.15) is 30.5 Å². The Kier molecular flexibility index (Phi) is 6.58. The van der Waals surface area contributed by atoms with Gasteiger partial charge in [-0.2, -0.15) is 0 Å². The van der Waals surface area contributed by atoms with E-state index in [0.717, 1.165) is 60.5 Å². The van der Waals surface area contributed by atoms with Crippen molar-refractivity contribution in [3.8, 4) is 0 Å². The fraction of sp³-hybridized carbons (Fsp3) is 0.217. The monoisotopic (exact) mass is 358 g/mol. The molecule has 138 valence electrons. The lowest BCUT2D eigenvalue weighted by Gasteiger charge is -2.12. The zero-order valence-corrected chi connectivity index (χ0v) is 15.6. The lowest BCUT2D eigenvalue weighted by Crippen LogP contribution is -2.06. The first kappa shape index (κ1) is 18.6. The molecule has 27 heavy (non-hydrogen) atoms. The number of nitrogens with one attached hydrogen (secondary N) is 2. The molecule has 0 aliphatic heterocycles. The number of fused-ring (bicyclic) bond motifs is 1. The van der Waals surface area contributed by atoms with Gasteiger partial charge in [0.05, 0.1) is 11.2 Å². The molecule has 0 saturated heterocycles. The van der Waals surface area contributed by atoms with Gasteiger partial charge in [-0.3, -0.25) is 9.97 Å². The number of para-hydroxylation sites is 1. The van der Waals surface area contributed by atoms with Gasteiger partial charge in [-0.15, -0.1) is 0 Å². The normalized spacial score (nSPS) is 10.5. The fourth-order valence-electron chi connectivity index (χ4n) is 3.14. The van der Waals surface area contributed by atoms with E-state index in [0.29, 0.717) is 0 Å². The van der Waals surface area contributed by atoms with Gasteiger partial charge < -0.3 is 10.6 Å². The van der Waals surface area contributed by atoms with E-state index in [1.807, 2.05) is 36.5 Å². The Balaban J connectivity index is 1.41. The van der Waals surface area contributed by atoms with E-state index in [9.17, 15) is 0 Å². The standard InChI is InChI=1S/C23H26N4/c1-3-18-20(4-2)26-16-12-22(18)24-14-8-5-9-15-25-23-13-17-27-21-11-7-6-10-19(21)23/h3-4,6-7,10-13,16-17H,1-2,5,8-9,14-15H2,(H,24,26)(H,25,27). The average molecular weight is 358 g/mol. The number of unbranched alkanes of at least 4 members (excludes halogenated alkanes) is 2. The third-order valence-corrected chi connectivity index (χ3v) is 4.55. The summed E-state index contributed by atoms with van der Waals surface area (Å²) < 4.78 is 0. The fourth-order valence-corrected chi connectivity index (χ4v) is 3.14. The molecule has 2 N–H and O–H groups in total. The smallest absolute Gasteiger partial charge is 0.0722 e. The summed E-state index contributed by atoms with van der Waals surface area (Å²) in [6.07, 6.45) is 10.6. The maximum Gasteiger partial charge on any atom is 0.0722 e. The average Bonchev–Trinajstić information content (AvgIpc) is 2.72. The van der Waals surface area contributed by atoms with Crippen LogP contribution in [0.2, 0.25) is 0 Å². The van der Waals surface area contributed by atoms with Gasteiger partial charge in [0.25, 0.3) is 0 Å².